The van der Waals surface area contributed by atoms with Crippen molar-refractivity contribution in [3.8, 4) is 0 Å². The van der Waals surface area contributed by atoms with Gasteiger partial charge < -0.3 is 10.6 Å². The van der Waals surface area contributed by atoms with Gasteiger partial charge in [0.1, 0.15) is 0 Å². The quantitative estimate of drug-likeness (QED) is 0.872. The van der Waals surface area contributed by atoms with Crippen molar-refractivity contribution in [1.29, 1.82) is 0 Å². The van der Waals surface area contributed by atoms with Gasteiger partial charge in [-0.3, -0.25) is 4.79 Å². The van der Waals surface area contributed by atoms with Gasteiger partial charge in [-0.1, -0.05) is 59.1 Å². The Hall–Kier alpha value is -1.71. The van der Waals surface area contributed by atoms with Crippen molar-refractivity contribution in [2.45, 2.75) is 13.5 Å². The summed E-state index contributed by atoms with van der Waals surface area (Å²) in [7, 11) is 0. The average molecular weight is 323 g/mol. The lowest BCUT2D eigenvalue weighted by Gasteiger charge is -2.11. The molecule has 0 fully saturated rings. The van der Waals surface area contributed by atoms with E-state index in [0.29, 0.717) is 22.3 Å². The highest BCUT2D eigenvalue weighted by atomic mass is 35.5. The highest BCUT2D eigenvalue weighted by Crippen LogP contribution is 2.29. The maximum absolute atomic E-state index is 11.8. The first-order chi connectivity index (χ1) is 10.1. The zero-order valence-electron chi connectivity index (χ0n) is 11.6. The van der Waals surface area contributed by atoms with Crippen LogP contribution in [0.3, 0.4) is 0 Å². The Labute approximate surface area is 134 Å². The van der Waals surface area contributed by atoms with Crippen LogP contribution in [-0.4, -0.2) is 12.5 Å². The molecule has 0 unspecified atom stereocenters. The Kier molecular flexibility index (Phi) is 5.48. The molecule has 5 heteroatoms. The fraction of sp³-hybridized carbons (Fsp3) is 0.188. The summed E-state index contributed by atoms with van der Waals surface area (Å²) >= 11 is 12.0. The fourth-order valence-corrected chi connectivity index (χ4v) is 2.45. The third kappa shape index (κ3) is 4.66. The molecule has 0 aliphatic rings. The van der Waals surface area contributed by atoms with Crippen molar-refractivity contribution in [3.63, 3.8) is 0 Å². The van der Waals surface area contributed by atoms with Crippen molar-refractivity contribution < 1.29 is 4.79 Å². The molecule has 0 aromatic heterocycles. The van der Waals surface area contributed by atoms with Crippen LogP contribution in [0.25, 0.3) is 0 Å². The van der Waals surface area contributed by atoms with Crippen LogP contribution in [0.1, 0.15) is 11.1 Å². The number of aryl methyl sites for hydroxylation is 1. The minimum absolute atomic E-state index is 0.118. The predicted molar refractivity (Wildman–Crippen MR) is 88.0 cm³/mol. The van der Waals surface area contributed by atoms with E-state index in [1.807, 2.05) is 31.2 Å². The van der Waals surface area contributed by atoms with Crippen LogP contribution in [0.15, 0.2) is 42.5 Å². The lowest BCUT2D eigenvalue weighted by Crippen LogP contribution is -2.29. The molecule has 0 heterocycles. The molecule has 1 amide bonds. The predicted octanol–water partition coefficient (Wildman–Crippen LogP) is 4.03. The summed E-state index contributed by atoms with van der Waals surface area (Å²) in [5, 5.41) is 6.79. The minimum Gasteiger partial charge on any atom is -0.374 e. The Morgan fingerprint density at radius 1 is 1.10 bits per heavy atom. The summed E-state index contributed by atoms with van der Waals surface area (Å²) in [4.78, 5) is 11.8. The van der Waals surface area contributed by atoms with Gasteiger partial charge in [-0.2, -0.15) is 0 Å². The van der Waals surface area contributed by atoms with E-state index in [-0.39, 0.29) is 12.5 Å². The summed E-state index contributed by atoms with van der Waals surface area (Å²) in [6.45, 7) is 2.64. The number of para-hydroxylation sites is 1. The zero-order valence-corrected chi connectivity index (χ0v) is 13.1. The van der Waals surface area contributed by atoms with Gasteiger partial charge in [0.15, 0.2) is 0 Å². The molecule has 0 atom stereocenters. The van der Waals surface area contributed by atoms with Crippen molar-refractivity contribution >= 4 is 34.8 Å². The third-order valence-corrected chi connectivity index (χ3v) is 3.59. The molecule has 0 saturated heterocycles. The van der Waals surface area contributed by atoms with Gasteiger partial charge in [0.25, 0.3) is 0 Å². The normalized spacial score (nSPS) is 10.2. The van der Waals surface area contributed by atoms with Gasteiger partial charge in [-0.25, -0.2) is 0 Å². The van der Waals surface area contributed by atoms with Gasteiger partial charge in [-0.05, 0) is 24.6 Å². The van der Waals surface area contributed by atoms with Crippen molar-refractivity contribution in [3.05, 3.63) is 63.6 Å². The van der Waals surface area contributed by atoms with Crippen LogP contribution < -0.4 is 10.6 Å². The number of amides is 1. The Bertz CT molecular complexity index is 624. The molecular formula is C16H16Cl2N2O. The summed E-state index contributed by atoms with van der Waals surface area (Å²) in [5.74, 6) is -0.118. The number of benzene rings is 2. The zero-order chi connectivity index (χ0) is 15.2. The largest absolute Gasteiger partial charge is 0.374 e. The Morgan fingerprint density at radius 2 is 1.76 bits per heavy atom. The molecule has 110 valence electrons. The molecule has 2 aromatic rings. The Balaban J connectivity index is 1.85. The molecule has 0 aliphatic carbocycles. The summed E-state index contributed by atoms with van der Waals surface area (Å²) in [5.41, 5.74) is 2.81. The van der Waals surface area contributed by atoms with Gasteiger partial charge in [-0.15, -0.1) is 0 Å². The topological polar surface area (TPSA) is 41.1 Å². The molecule has 0 radical (unpaired) electrons. The van der Waals surface area contributed by atoms with Gasteiger partial charge in [0.2, 0.25) is 5.91 Å². The molecule has 0 saturated carbocycles. The first kappa shape index (κ1) is 15.7. The fourth-order valence-electron chi connectivity index (χ4n) is 1.92. The van der Waals surface area contributed by atoms with Gasteiger partial charge in [0.05, 0.1) is 22.3 Å². The second-order valence-electron chi connectivity index (χ2n) is 4.72. The molecule has 2 aromatic carbocycles. The molecule has 21 heavy (non-hydrogen) atoms. The maximum atomic E-state index is 11.8. The Morgan fingerprint density at radius 3 is 2.43 bits per heavy atom. The number of hydrogen-bond donors (Lipinski definition) is 2. The van der Waals surface area contributed by atoms with E-state index in [4.69, 9.17) is 23.2 Å². The first-order valence-corrected chi connectivity index (χ1v) is 7.32. The van der Waals surface area contributed by atoms with Crippen LogP contribution >= 0.6 is 23.2 Å². The third-order valence-electron chi connectivity index (χ3n) is 2.96. The standard InChI is InChI=1S/C16H16Cl2N2O/c1-11-4-2-5-12(8-11)9-19-15(21)10-20-16-13(17)6-3-7-14(16)18/h2-8,20H,9-10H2,1H3,(H,19,21). The number of carbonyl (C=O) groups is 1. The van der Waals surface area contributed by atoms with E-state index < -0.39 is 0 Å². The molecule has 2 N–H and O–H groups in total. The highest BCUT2D eigenvalue weighted by Gasteiger charge is 2.07. The monoisotopic (exact) mass is 322 g/mol. The van der Waals surface area contributed by atoms with Crippen LogP contribution in [0, 0.1) is 6.92 Å². The number of anilines is 1. The van der Waals surface area contributed by atoms with Crippen molar-refractivity contribution in [2.24, 2.45) is 0 Å². The minimum atomic E-state index is -0.118. The van der Waals surface area contributed by atoms with Gasteiger partial charge in [0, 0.05) is 6.54 Å². The SMILES string of the molecule is Cc1cccc(CNC(=O)CNc2c(Cl)cccc2Cl)c1. The molecule has 0 spiro atoms. The smallest absolute Gasteiger partial charge is 0.239 e. The summed E-state index contributed by atoms with van der Waals surface area (Å²) in [6.07, 6.45) is 0. The molecule has 3 nitrogen and oxygen atoms in total. The van der Waals surface area contributed by atoms with Crippen LogP contribution in [0.4, 0.5) is 5.69 Å². The van der Waals surface area contributed by atoms with Crippen molar-refractivity contribution in [2.75, 3.05) is 11.9 Å². The molecule has 0 bridgehead atoms. The van der Waals surface area contributed by atoms with E-state index in [9.17, 15) is 4.79 Å². The van der Waals surface area contributed by atoms with E-state index in [1.165, 1.54) is 5.56 Å². The van der Waals surface area contributed by atoms with Crippen molar-refractivity contribution in [1.82, 2.24) is 5.32 Å². The van der Waals surface area contributed by atoms with E-state index >= 15 is 0 Å². The van der Waals surface area contributed by atoms with Gasteiger partial charge >= 0.3 is 0 Å². The summed E-state index contributed by atoms with van der Waals surface area (Å²) in [6, 6.07) is 13.2. The van der Waals surface area contributed by atoms with E-state index in [2.05, 4.69) is 10.6 Å². The maximum Gasteiger partial charge on any atom is 0.239 e. The highest BCUT2D eigenvalue weighted by molar-refractivity contribution is 6.39. The second-order valence-corrected chi connectivity index (χ2v) is 5.53. The lowest BCUT2D eigenvalue weighted by molar-refractivity contribution is -0.119. The lowest BCUT2D eigenvalue weighted by atomic mass is 10.1. The number of halogens is 2. The second kappa shape index (κ2) is 7.34. The molecule has 2 rings (SSSR count). The number of rotatable bonds is 5. The van der Waals surface area contributed by atoms with E-state index in [1.54, 1.807) is 18.2 Å². The number of hydrogen-bond acceptors (Lipinski definition) is 2. The van der Waals surface area contributed by atoms with Crippen LogP contribution in [0.5, 0.6) is 0 Å². The molecular weight excluding hydrogens is 307 g/mol. The van der Waals surface area contributed by atoms with E-state index in [0.717, 1.165) is 5.56 Å². The first-order valence-electron chi connectivity index (χ1n) is 6.56. The summed E-state index contributed by atoms with van der Waals surface area (Å²) < 4.78 is 0. The van der Waals surface area contributed by atoms with Crippen LogP contribution in [-0.2, 0) is 11.3 Å². The number of nitrogens with one attached hydrogen (secondary N) is 2. The molecule has 0 aliphatic heterocycles. The number of carbonyl (C=O) groups excluding carboxylic acids is 1. The average Bonchev–Trinajstić information content (AvgIpc) is 2.45. The van der Waals surface area contributed by atoms with Crippen LogP contribution in [0.2, 0.25) is 10.0 Å².